The lowest BCUT2D eigenvalue weighted by atomic mass is 9.90. The number of rotatable bonds is 9. The van der Waals surface area contributed by atoms with Crippen molar-refractivity contribution in [2.45, 2.75) is 113 Å². The number of halogens is 4. The molecule has 3 saturated heterocycles. The summed E-state index contributed by atoms with van der Waals surface area (Å²) in [6.45, 7) is 4.12. The number of nitroso groups, excluding NO2 is 1. The number of nitrogen functional groups attached to an aromatic ring is 1. The summed E-state index contributed by atoms with van der Waals surface area (Å²) in [5.41, 5.74) is 16.8. The third kappa shape index (κ3) is 14.4. The maximum Gasteiger partial charge on any atom is 0.284 e. The Balaban J connectivity index is 0.000000136. The predicted molar refractivity (Wildman–Crippen MR) is 315 cm³/mol. The molecule has 0 amide bonds. The van der Waals surface area contributed by atoms with E-state index in [2.05, 4.69) is 60.7 Å². The molecule has 472 valence electrons. The van der Waals surface area contributed by atoms with Crippen LogP contribution in [0.5, 0.6) is 0 Å². The molecule has 0 radical (unpaired) electrons. The Kier molecular flexibility index (Phi) is 20.0. The van der Waals surface area contributed by atoms with Crippen LogP contribution in [0.25, 0.3) is 51.5 Å². The van der Waals surface area contributed by atoms with Crippen LogP contribution >= 0.6 is 11.6 Å². The molecule has 12 N–H and O–H groups in total. The first-order chi connectivity index (χ1) is 42.3. The van der Waals surface area contributed by atoms with Gasteiger partial charge in [-0.3, -0.25) is 8.80 Å². The van der Waals surface area contributed by atoms with E-state index in [4.69, 9.17) is 51.5 Å². The second kappa shape index (κ2) is 27.8. The molecule has 6 fully saturated rings. The molecule has 9 aromatic heterocycles. The first-order valence-corrected chi connectivity index (χ1v) is 29.0. The highest BCUT2D eigenvalue weighted by atomic mass is 35.5. The number of pyridine rings is 3. The minimum absolute atomic E-state index is 0. The fourth-order valence-electron chi connectivity index (χ4n) is 11.5. The standard InChI is InChI=1S/C19H19FN6O3.C19H21FN6O2.C11H7ClFN5O.C8H15NO2.2H2O/c20-12-1-2-16-21-10-15(26(16)11-12)18-22-9-14(25-27)17(24-18)23-13-3-5-19(6-4-13)28-7-8-29-19;20-12-1-2-16-22-10-15(26(16)11-12)18-23-9-14(21)17(25-18)24-13-3-5-19(6-4-13)27-7-8-28-19;12-10-7(17-19)3-15-11(16-10)8-4-14-9-2-1-6(13)5-18(8)9;9-7-1-3-8(4-2-7)10-5-6-11-8;;/h1-2,9-11,13H,3-8H2,(H,22,23,24,27);1-2,9-11,13H,3-8,21H2,(H,23,24,25);1-5H,17H2;7H,1-6,9H2;2*1H2. The Labute approximate surface area is 510 Å². The molecule has 89 heavy (non-hydrogen) atoms. The van der Waals surface area contributed by atoms with Gasteiger partial charge < -0.3 is 72.2 Å². The van der Waals surface area contributed by atoms with Crippen molar-refractivity contribution in [1.82, 2.24) is 53.7 Å². The number of anilines is 3. The van der Waals surface area contributed by atoms with Crippen molar-refractivity contribution in [2.75, 3.05) is 56.0 Å². The molecule has 0 unspecified atom stereocenters. The van der Waals surface area contributed by atoms with Crippen LogP contribution < -0.4 is 32.0 Å². The van der Waals surface area contributed by atoms with Gasteiger partial charge in [0.25, 0.3) is 5.65 Å². The largest absolute Gasteiger partial charge is 0.870 e. The van der Waals surface area contributed by atoms with E-state index in [1.54, 1.807) is 45.6 Å². The van der Waals surface area contributed by atoms with Gasteiger partial charge in [-0.05, 0) is 74.0 Å². The molecule has 0 atom stereocenters. The van der Waals surface area contributed by atoms with E-state index in [0.29, 0.717) is 101 Å². The Morgan fingerprint density at radius 1 is 0.640 bits per heavy atom. The van der Waals surface area contributed by atoms with E-state index in [1.165, 1.54) is 59.8 Å². The Morgan fingerprint density at radius 2 is 1.11 bits per heavy atom. The molecule has 3 spiro atoms. The molecule has 0 bridgehead atoms. The van der Waals surface area contributed by atoms with Crippen molar-refractivity contribution < 1.29 is 62.4 Å². The van der Waals surface area contributed by atoms with E-state index in [0.717, 1.165) is 90.3 Å². The summed E-state index contributed by atoms with van der Waals surface area (Å²) in [5, 5.41) is 20.5. The number of quaternary nitrogens is 1. The molecular weight excluding hydrogens is 1190 g/mol. The van der Waals surface area contributed by atoms with Crippen molar-refractivity contribution in [3.8, 4) is 34.6 Å². The lowest BCUT2D eigenvalue weighted by Crippen LogP contribution is -2.70. The third-order valence-corrected chi connectivity index (χ3v) is 16.4. The highest BCUT2D eigenvalue weighted by Gasteiger charge is 2.42. The number of ether oxygens (including phenoxy) is 6. The molecule has 12 heterocycles. The number of aromatic amines is 1. The highest BCUT2D eigenvalue weighted by Crippen LogP contribution is 2.40. The summed E-state index contributed by atoms with van der Waals surface area (Å²) in [5.74, 6) is -0.204. The molecule has 0 aromatic carbocycles. The van der Waals surface area contributed by atoms with Crippen LogP contribution in [-0.4, -0.2) is 140 Å². The summed E-state index contributed by atoms with van der Waals surface area (Å²) >= 11 is 5.84. The summed E-state index contributed by atoms with van der Waals surface area (Å²) in [6, 6.07) is 9.55. The number of nitrogens with two attached hydrogens (primary N) is 3. The van der Waals surface area contributed by atoms with Crippen molar-refractivity contribution in [3.05, 3.63) is 125 Å². The second-order valence-electron chi connectivity index (χ2n) is 21.8. The molecule has 3 aliphatic carbocycles. The molecule has 9 aromatic rings. The van der Waals surface area contributed by atoms with Crippen LogP contribution in [0.2, 0.25) is 5.15 Å². The highest BCUT2D eigenvalue weighted by molar-refractivity contribution is 6.31. The predicted octanol–water partition coefficient (Wildman–Crippen LogP) is 6.36. The number of hydrogen-bond acceptors (Lipinski definition) is 22. The average molecular weight is 1260 g/mol. The van der Waals surface area contributed by atoms with Crippen molar-refractivity contribution in [2.24, 2.45) is 10.9 Å². The zero-order valence-electron chi connectivity index (χ0n) is 47.9. The van der Waals surface area contributed by atoms with Crippen LogP contribution in [0.4, 0.5) is 41.9 Å². The molecule has 3 aliphatic heterocycles. The zero-order chi connectivity index (χ0) is 60.1. The number of H-pyrrole nitrogens is 1. The molecule has 15 rings (SSSR count). The van der Waals surface area contributed by atoms with E-state index < -0.39 is 17.4 Å². The van der Waals surface area contributed by atoms with Gasteiger partial charge >= 0.3 is 0 Å². The number of fused-ring (bicyclic) bond motifs is 3. The first-order valence-electron chi connectivity index (χ1n) is 28.6. The summed E-state index contributed by atoms with van der Waals surface area (Å²) < 4.78 is 79.5. The van der Waals surface area contributed by atoms with Gasteiger partial charge in [-0.25, -0.2) is 58.0 Å². The molecular formula is C57H66ClF3N18O10. The number of hydrogen-bond donors (Lipinski definition) is 6. The van der Waals surface area contributed by atoms with Crippen LogP contribution in [0.3, 0.4) is 0 Å². The molecule has 32 heteroatoms. The van der Waals surface area contributed by atoms with Crippen LogP contribution in [0.1, 0.15) is 77.0 Å². The smallest absolute Gasteiger partial charge is 0.284 e. The van der Waals surface area contributed by atoms with Gasteiger partial charge in [0.05, 0.1) is 76.3 Å². The lowest BCUT2D eigenvalue weighted by Gasteiger charge is -2.35. The molecule has 3 saturated carbocycles. The summed E-state index contributed by atoms with van der Waals surface area (Å²) in [7, 11) is 0. The number of aromatic nitrogens is 12. The number of nitrogens with zero attached hydrogens (tertiary/aromatic N) is 12. The fraction of sp³-hybridized carbons (Fsp3) is 0.421. The van der Waals surface area contributed by atoms with E-state index in [1.807, 2.05) is 0 Å². The monoisotopic (exact) mass is 1250 g/mol. The van der Waals surface area contributed by atoms with Gasteiger partial charge in [0, 0.05) is 75.1 Å². The Hall–Kier alpha value is -8.05. The van der Waals surface area contributed by atoms with Crippen molar-refractivity contribution in [3.63, 3.8) is 0 Å². The summed E-state index contributed by atoms with van der Waals surface area (Å²) in [6.07, 6.45) is 23.8. The Morgan fingerprint density at radius 3 is 1.63 bits per heavy atom. The van der Waals surface area contributed by atoms with Gasteiger partial charge in [0.1, 0.15) is 46.7 Å². The minimum Gasteiger partial charge on any atom is -0.870 e. The number of imidazole rings is 3. The maximum atomic E-state index is 13.7. The zero-order valence-corrected chi connectivity index (χ0v) is 48.7. The van der Waals surface area contributed by atoms with Gasteiger partial charge in [0.2, 0.25) is 11.5 Å². The number of nitrogens with one attached hydrogen (secondary N) is 3. The maximum absolute atomic E-state index is 13.7. The van der Waals surface area contributed by atoms with E-state index in [9.17, 15) is 23.3 Å². The first kappa shape index (κ1) is 64.0. The van der Waals surface area contributed by atoms with Crippen LogP contribution in [-0.2, 0) is 28.4 Å². The Bertz CT molecular complexity index is 3870. The minimum atomic E-state index is -0.453. The van der Waals surface area contributed by atoms with Gasteiger partial charge in [-0.15, -0.1) is 4.91 Å². The fourth-order valence-corrected chi connectivity index (χ4v) is 11.7. The SMILES string of the molecule is NC1CCC2(CC1)OCCO2.Nc1cnc(-c2cnc3ccc(F)cn23)nc1NC1CCC2(CC1)OCCO2.O.O=Nc1cnc(-c2c[nH]c3ccc(F)c[n+]23)nc1NC1CCC2(CC1)OCCO2.[O-][NH2+]c1cnc(-c2cnc3ccc(F)cn23)nc1Cl.[OH-]. The quantitative estimate of drug-likeness (QED) is 0.0396. The van der Waals surface area contributed by atoms with Gasteiger partial charge in [-0.1, -0.05) is 11.6 Å². The van der Waals surface area contributed by atoms with Gasteiger partial charge in [-0.2, -0.15) is 4.40 Å². The van der Waals surface area contributed by atoms with Crippen molar-refractivity contribution in [1.29, 1.82) is 0 Å². The van der Waals surface area contributed by atoms with Crippen LogP contribution in [0.15, 0.2) is 97.3 Å². The average Bonchev–Trinajstić information content (AvgIpc) is 4.58. The normalized spacial score (nSPS) is 19.8. The summed E-state index contributed by atoms with van der Waals surface area (Å²) in [4.78, 5) is 48.4. The third-order valence-electron chi connectivity index (χ3n) is 16.1. The van der Waals surface area contributed by atoms with Gasteiger partial charge in [0.15, 0.2) is 63.0 Å². The van der Waals surface area contributed by atoms with Crippen LogP contribution in [0, 0.1) is 27.6 Å². The molecule has 28 nitrogen and oxygen atoms in total. The topological polar surface area (TPSA) is 394 Å². The van der Waals surface area contributed by atoms with E-state index in [-0.39, 0.29) is 62.8 Å². The molecule has 6 aliphatic rings. The van der Waals surface area contributed by atoms with Crippen molar-refractivity contribution >= 4 is 57.2 Å². The second-order valence-corrected chi connectivity index (χ2v) is 22.1. The van der Waals surface area contributed by atoms with E-state index >= 15 is 0 Å². The lowest BCUT2D eigenvalue weighted by molar-refractivity contribution is -0.500.